The third-order valence-electron chi connectivity index (χ3n) is 3.88. The maximum atomic E-state index is 5.87. The topological polar surface area (TPSA) is 107 Å². The molecule has 0 unspecified atom stereocenters. The Hall–Kier alpha value is -0.400. The van der Waals surface area contributed by atoms with Crippen LogP contribution in [0.15, 0.2) is 24.3 Å². The Kier molecular flexibility index (Phi) is 20.6. The Morgan fingerprint density at radius 2 is 1.46 bits per heavy atom. The van der Waals surface area contributed by atoms with Crippen LogP contribution in [0.4, 0.5) is 0 Å². The van der Waals surface area contributed by atoms with Gasteiger partial charge in [-0.05, 0) is 62.9 Å². The lowest BCUT2D eigenvalue weighted by Crippen LogP contribution is -2.31. The van der Waals surface area contributed by atoms with E-state index in [0.29, 0.717) is 0 Å². The van der Waals surface area contributed by atoms with E-state index in [2.05, 4.69) is 17.0 Å². The molecule has 0 spiro atoms. The number of piperidine rings is 1. The predicted octanol–water partition coefficient (Wildman–Crippen LogP) is 2.11. The molecule has 1 fully saturated rings. The Morgan fingerprint density at radius 1 is 0.875 bits per heavy atom. The fourth-order valence-corrected chi connectivity index (χ4v) is 2.83. The number of rotatable bonds is 8. The van der Waals surface area contributed by atoms with Crippen LogP contribution in [-0.4, -0.2) is 54.2 Å². The molecule has 1 aliphatic heterocycles. The smallest absolute Gasteiger partial charge is 0.0478 e. The Morgan fingerprint density at radius 3 is 2.08 bits per heavy atom. The Balaban J connectivity index is -0.00000110. The zero-order valence-corrected chi connectivity index (χ0v) is 15.8. The number of nitrogens with zero attached hydrogens (tertiary/aromatic N) is 1. The average molecular weight is 386 g/mol. The van der Waals surface area contributed by atoms with Crippen LogP contribution in [-0.2, 0) is 11.2 Å². The minimum atomic E-state index is 0. The first-order chi connectivity index (χ1) is 9.84. The van der Waals surface area contributed by atoms with E-state index < -0.39 is 0 Å². The van der Waals surface area contributed by atoms with Crippen molar-refractivity contribution in [2.45, 2.75) is 38.5 Å². The summed E-state index contributed by atoms with van der Waals surface area (Å²) in [6.07, 6.45) is 7.50. The van der Waals surface area contributed by atoms with Gasteiger partial charge in [-0.25, -0.2) is 0 Å². The zero-order chi connectivity index (χ0) is 14.0. The second kappa shape index (κ2) is 17.4. The Labute approximate surface area is 156 Å². The lowest BCUT2D eigenvalue weighted by molar-refractivity contribution is 0.115. The molecule has 1 aliphatic rings. The molecule has 6 N–H and O–H groups in total. The summed E-state index contributed by atoms with van der Waals surface area (Å²) in [6.45, 7) is 5.55. The van der Waals surface area contributed by atoms with Gasteiger partial charge in [0.2, 0.25) is 0 Å². The summed E-state index contributed by atoms with van der Waals surface area (Å²) in [5.74, 6) is 0. The fraction of sp³-hybridized carbons (Fsp3) is 0.647. The molecule has 0 amide bonds. The van der Waals surface area contributed by atoms with Gasteiger partial charge in [-0.15, -0.1) is 12.4 Å². The third kappa shape index (κ3) is 12.0. The van der Waals surface area contributed by atoms with Crippen LogP contribution >= 0.6 is 24.0 Å². The van der Waals surface area contributed by atoms with Gasteiger partial charge in [-0.1, -0.05) is 30.2 Å². The van der Waals surface area contributed by atoms with Gasteiger partial charge in [0.05, 0.1) is 0 Å². The van der Waals surface area contributed by atoms with E-state index in [1.807, 2.05) is 12.1 Å². The van der Waals surface area contributed by atoms with Gasteiger partial charge >= 0.3 is 0 Å². The number of hydrogen-bond acceptors (Lipinski definition) is 2. The van der Waals surface area contributed by atoms with Crippen LogP contribution < -0.4 is 0 Å². The summed E-state index contributed by atoms with van der Waals surface area (Å²) in [7, 11) is 0. The first kappa shape index (κ1) is 28.4. The predicted molar refractivity (Wildman–Crippen MR) is 104 cm³/mol. The molecule has 0 aliphatic carbocycles. The molecule has 0 bridgehead atoms. The number of benzene rings is 1. The highest BCUT2D eigenvalue weighted by atomic mass is 35.5. The van der Waals surface area contributed by atoms with Crippen LogP contribution in [0.5, 0.6) is 0 Å². The van der Waals surface area contributed by atoms with Crippen LogP contribution in [0.3, 0.4) is 0 Å². The summed E-state index contributed by atoms with van der Waals surface area (Å²) >= 11 is 5.87. The summed E-state index contributed by atoms with van der Waals surface area (Å²) in [5, 5.41) is 0.808. The van der Waals surface area contributed by atoms with Crippen molar-refractivity contribution in [1.82, 2.24) is 4.90 Å². The standard InChI is InChI=1S/C17H26ClNO.ClH.3H2O/c18-17-9-7-16(8-10-17)6-4-14-20-15-5-13-19-11-2-1-3-12-19;;;;/h7-10H,1-6,11-15H2;1H;3*1H2. The summed E-state index contributed by atoms with van der Waals surface area (Å²) < 4.78 is 5.72. The summed E-state index contributed by atoms with van der Waals surface area (Å²) in [4.78, 5) is 2.57. The van der Waals surface area contributed by atoms with Crippen molar-refractivity contribution in [2.75, 3.05) is 32.8 Å². The Bertz CT molecular complexity index is 373. The van der Waals surface area contributed by atoms with E-state index in [0.717, 1.165) is 31.1 Å². The average Bonchev–Trinajstić information content (AvgIpc) is 2.49. The number of aryl methyl sites for hydroxylation is 1. The monoisotopic (exact) mass is 385 g/mol. The van der Waals surface area contributed by atoms with Crippen molar-refractivity contribution in [3.05, 3.63) is 34.9 Å². The quantitative estimate of drug-likeness (QED) is 0.638. The summed E-state index contributed by atoms with van der Waals surface area (Å²) in [6, 6.07) is 8.10. The summed E-state index contributed by atoms with van der Waals surface area (Å²) in [5.41, 5.74) is 1.34. The van der Waals surface area contributed by atoms with E-state index >= 15 is 0 Å². The highest BCUT2D eigenvalue weighted by Gasteiger charge is 2.08. The van der Waals surface area contributed by atoms with Crippen molar-refractivity contribution >= 4 is 24.0 Å². The van der Waals surface area contributed by atoms with Crippen LogP contribution in [0, 0.1) is 0 Å². The minimum absolute atomic E-state index is 0. The van der Waals surface area contributed by atoms with Gasteiger partial charge in [0.25, 0.3) is 0 Å². The van der Waals surface area contributed by atoms with E-state index in [1.54, 1.807) is 0 Å². The van der Waals surface area contributed by atoms with E-state index in [9.17, 15) is 0 Å². The van der Waals surface area contributed by atoms with Crippen molar-refractivity contribution in [2.24, 2.45) is 0 Å². The lowest BCUT2D eigenvalue weighted by Gasteiger charge is -2.26. The minimum Gasteiger partial charge on any atom is -0.412 e. The molecule has 0 saturated carbocycles. The van der Waals surface area contributed by atoms with Gasteiger partial charge in [0.15, 0.2) is 0 Å². The van der Waals surface area contributed by atoms with Crippen LogP contribution in [0.1, 0.15) is 37.7 Å². The first-order valence-electron chi connectivity index (χ1n) is 7.89. The molecule has 0 radical (unpaired) electrons. The van der Waals surface area contributed by atoms with Crippen molar-refractivity contribution in [3.63, 3.8) is 0 Å². The molecule has 2 rings (SSSR count). The first-order valence-corrected chi connectivity index (χ1v) is 8.27. The molecule has 5 nitrogen and oxygen atoms in total. The highest BCUT2D eigenvalue weighted by molar-refractivity contribution is 6.30. The van der Waals surface area contributed by atoms with Crippen LogP contribution in [0.2, 0.25) is 5.02 Å². The highest BCUT2D eigenvalue weighted by Crippen LogP contribution is 2.11. The molecule has 1 aromatic rings. The largest absolute Gasteiger partial charge is 0.412 e. The van der Waals surface area contributed by atoms with Gasteiger partial charge < -0.3 is 26.1 Å². The van der Waals surface area contributed by atoms with Gasteiger partial charge in [0, 0.05) is 24.8 Å². The van der Waals surface area contributed by atoms with Crippen molar-refractivity contribution in [1.29, 1.82) is 0 Å². The fourth-order valence-electron chi connectivity index (χ4n) is 2.70. The van der Waals surface area contributed by atoms with Crippen molar-refractivity contribution < 1.29 is 21.2 Å². The second-order valence-electron chi connectivity index (χ2n) is 5.60. The van der Waals surface area contributed by atoms with Gasteiger partial charge in [-0.2, -0.15) is 0 Å². The number of halogens is 2. The molecule has 24 heavy (non-hydrogen) atoms. The maximum absolute atomic E-state index is 5.87. The molecule has 1 saturated heterocycles. The number of hydrogen-bond donors (Lipinski definition) is 0. The molecule has 1 aromatic carbocycles. The lowest BCUT2D eigenvalue weighted by atomic mass is 10.1. The molecular weight excluding hydrogens is 353 g/mol. The zero-order valence-electron chi connectivity index (χ0n) is 14.2. The van der Waals surface area contributed by atoms with E-state index in [4.69, 9.17) is 16.3 Å². The molecule has 0 aromatic heterocycles. The molecule has 144 valence electrons. The SMILES string of the molecule is Cl.Clc1ccc(CCCOCCCN2CCCCC2)cc1.O.O.O. The molecular formula is C17H33Cl2NO4. The number of ether oxygens (including phenoxy) is 1. The normalized spacial score (nSPS) is 13.7. The van der Waals surface area contributed by atoms with E-state index in [-0.39, 0.29) is 28.8 Å². The van der Waals surface area contributed by atoms with E-state index in [1.165, 1.54) is 50.9 Å². The molecule has 1 heterocycles. The molecule has 7 heteroatoms. The second-order valence-corrected chi connectivity index (χ2v) is 6.03. The molecule has 0 atom stereocenters. The van der Waals surface area contributed by atoms with Crippen LogP contribution in [0.25, 0.3) is 0 Å². The number of likely N-dealkylation sites (tertiary alicyclic amines) is 1. The van der Waals surface area contributed by atoms with Gasteiger partial charge in [-0.3, -0.25) is 0 Å². The van der Waals surface area contributed by atoms with Gasteiger partial charge in [0.1, 0.15) is 0 Å². The van der Waals surface area contributed by atoms with Crippen molar-refractivity contribution in [3.8, 4) is 0 Å². The maximum Gasteiger partial charge on any atom is 0.0478 e. The third-order valence-corrected chi connectivity index (χ3v) is 4.13.